The molecule has 0 N–H and O–H groups in total. The summed E-state index contributed by atoms with van der Waals surface area (Å²) in [5, 5.41) is 0. The highest BCUT2D eigenvalue weighted by atomic mass is 16.5. The van der Waals surface area contributed by atoms with Crippen molar-refractivity contribution in [3.05, 3.63) is 0 Å². The summed E-state index contributed by atoms with van der Waals surface area (Å²) in [4.78, 5) is 16.4. The molecule has 18 heavy (non-hydrogen) atoms. The quantitative estimate of drug-likeness (QED) is 0.757. The van der Waals surface area contributed by atoms with Gasteiger partial charge in [0.1, 0.15) is 0 Å². The number of carbonyl (C=O) groups excluding carboxylic acids is 1. The Labute approximate surface area is 111 Å². The fourth-order valence-electron chi connectivity index (χ4n) is 2.31. The molecule has 0 unspecified atom stereocenters. The van der Waals surface area contributed by atoms with Crippen LogP contribution in [0.2, 0.25) is 0 Å². The first kappa shape index (κ1) is 15.3. The Balaban J connectivity index is 2.51. The Kier molecular flexibility index (Phi) is 6.47. The Morgan fingerprint density at radius 3 is 2.50 bits per heavy atom. The number of piperidine rings is 1. The fraction of sp³-hybridized carbons (Fsp3) is 0.929. The van der Waals surface area contributed by atoms with E-state index in [1.54, 1.807) is 7.11 Å². The summed E-state index contributed by atoms with van der Waals surface area (Å²) < 4.78 is 5.10. The van der Waals surface area contributed by atoms with Crippen molar-refractivity contribution in [2.45, 2.75) is 33.6 Å². The van der Waals surface area contributed by atoms with E-state index in [1.165, 1.54) is 0 Å². The molecule has 0 spiro atoms. The summed E-state index contributed by atoms with van der Waals surface area (Å²) in [6, 6.07) is 0.188. The smallest absolute Gasteiger partial charge is 0.320 e. The van der Waals surface area contributed by atoms with Crippen LogP contribution in [0.3, 0.4) is 0 Å². The molecule has 4 heteroatoms. The van der Waals surface area contributed by atoms with Crippen molar-refractivity contribution in [2.24, 2.45) is 11.8 Å². The molecule has 1 fully saturated rings. The van der Waals surface area contributed by atoms with Gasteiger partial charge in [0.15, 0.2) is 0 Å². The van der Waals surface area contributed by atoms with Crippen molar-refractivity contribution in [1.29, 1.82) is 0 Å². The largest absolute Gasteiger partial charge is 0.383 e. The lowest BCUT2D eigenvalue weighted by atomic mass is 9.99. The molecule has 0 aromatic rings. The second kappa shape index (κ2) is 7.62. The monoisotopic (exact) mass is 256 g/mol. The minimum Gasteiger partial charge on any atom is -0.383 e. The molecule has 0 aliphatic carbocycles. The van der Waals surface area contributed by atoms with Gasteiger partial charge in [0.25, 0.3) is 0 Å². The van der Waals surface area contributed by atoms with Crippen molar-refractivity contribution in [2.75, 3.05) is 39.9 Å². The molecule has 0 atom stereocenters. The molecule has 1 heterocycles. The molecule has 1 aliphatic rings. The van der Waals surface area contributed by atoms with Crippen LogP contribution in [0.1, 0.15) is 33.6 Å². The van der Waals surface area contributed by atoms with Crippen LogP contribution in [-0.4, -0.2) is 55.7 Å². The SMILES string of the molecule is COCCN(CC(C)C)C(=O)N1CCC(C)CC1. The first-order valence-corrected chi connectivity index (χ1v) is 7.07. The zero-order chi connectivity index (χ0) is 13.5. The predicted octanol–water partition coefficient (Wildman–Crippen LogP) is 2.44. The number of hydrogen-bond acceptors (Lipinski definition) is 2. The number of urea groups is 1. The summed E-state index contributed by atoms with van der Waals surface area (Å²) in [5.74, 6) is 1.25. The molecule has 1 saturated heterocycles. The molecular weight excluding hydrogens is 228 g/mol. The normalized spacial score (nSPS) is 17.3. The third-order valence-corrected chi connectivity index (χ3v) is 3.48. The Morgan fingerprint density at radius 1 is 1.39 bits per heavy atom. The van der Waals surface area contributed by atoms with Gasteiger partial charge >= 0.3 is 6.03 Å². The van der Waals surface area contributed by atoms with Crippen molar-refractivity contribution < 1.29 is 9.53 Å². The van der Waals surface area contributed by atoms with Crippen LogP contribution in [0.5, 0.6) is 0 Å². The molecule has 1 rings (SSSR count). The summed E-state index contributed by atoms with van der Waals surface area (Å²) in [5.41, 5.74) is 0. The van der Waals surface area contributed by atoms with Crippen LogP contribution in [0.25, 0.3) is 0 Å². The van der Waals surface area contributed by atoms with Gasteiger partial charge in [0, 0.05) is 33.3 Å². The fourth-order valence-corrected chi connectivity index (χ4v) is 2.31. The molecule has 4 nitrogen and oxygen atoms in total. The number of ether oxygens (including phenoxy) is 1. The molecular formula is C14H28N2O2. The number of carbonyl (C=O) groups is 1. The van der Waals surface area contributed by atoms with E-state index in [2.05, 4.69) is 20.8 Å². The first-order valence-electron chi connectivity index (χ1n) is 7.07. The minimum absolute atomic E-state index is 0.188. The Morgan fingerprint density at radius 2 is 2.00 bits per heavy atom. The van der Waals surface area contributed by atoms with E-state index in [1.807, 2.05) is 9.80 Å². The van der Waals surface area contributed by atoms with Gasteiger partial charge in [-0.05, 0) is 24.7 Å². The van der Waals surface area contributed by atoms with Crippen LogP contribution < -0.4 is 0 Å². The van der Waals surface area contributed by atoms with E-state index in [0.717, 1.165) is 38.4 Å². The highest BCUT2D eigenvalue weighted by molar-refractivity contribution is 5.74. The van der Waals surface area contributed by atoms with Crippen LogP contribution in [0, 0.1) is 11.8 Å². The predicted molar refractivity (Wildman–Crippen MR) is 73.7 cm³/mol. The van der Waals surface area contributed by atoms with Gasteiger partial charge in [-0.2, -0.15) is 0 Å². The first-order chi connectivity index (χ1) is 8.54. The molecule has 2 amide bonds. The van der Waals surface area contributed by atoms with E-state index >= 15 is 0 Å². The Bertz CT molecular complexity index is 248. The van der Waals surface area contributed by atoms with Gasteiger partial charge in [0.2, 0.25) is 0 Å². The van der Waals surface area contributed by atoms with E-state index in [-0.39, 0.29) is 6.03 Å². The van der Waals surface area contributed by atoms with Crippen molar-refractivity contribution in [3.63, 3.8) is 0 Å². The molecule has 0 aromatic heterocycles. The second-order valence-electron chi connectivity index (χ2n) is 5.78. The average Bonchev–Trinajstić information content (AvgIpc) is 2.34. The van der Waals surface area contributed by atoms with Crippen LogP contribution in [0.15, 0.2) is 0 Å². The van der Waals surface area contributed by atoms with Gasteiger partial charge < -0.3 is 14.5 Å². The summed E-state index contributed by atoms with van der Waals surface area (Å²) in [6.07, 6.45) is 2.26. The maximum absolute atomic E-state index is 12.4. The summed E-state index contributed by atoms with van der Waals surface area (Å²) >= 11 is 0. The molecule has 106 valence electrons. The van der Waals surface area contributed by atoms with Gasteiger partial charge in [-0.1, -0.05) is 20.8 Å². The molecule has 1 aliphatic heterocycles. The van der Waals surface area contributed by atoms with E-state index in [0.29, 0.717) is 19.1 Å². The van der Waals surface area contributed by atoms with Gasteiger partial charge in [-0.3, -0.25) is 0 Å². The Hall–Kier alpha value is -0.770. The van der Waals surface area contributed by atoms with Crippen LogP contribution >= 0.6 is 0 Å². The number of nitrogens with zero attached hydrogens (tertiary/aromatic N) is 2. The standard InChI is InChI=1S/C14H28N2O2/c1-12(2)11-16(9-10-18-4)14(17)15-7-5-13(3)6-8-15/h12-13H,5-11H2,1-4H3. The second-order valence-corrected chi connectivity index (χ2v) is 5.78. The van der Waals surface area contributed by atoms with Gasteiger partial charge in [-0.15, -0.1) is 0 Å². The lowest BCUT2D eigenvalue weighted by Crippen LogP contribution is -2.48. The molecule has 0 aromatic carbocycles. The number of likely N-dealkylation sites (tertiary alicyclic amines) is 1. The van der Waals surface area contributed by atoms with E-state index in [9.17, 15) is 4.79 Å². The van der Waals surface area contributed by atoms with E-state index in [4.69, 9.17) is 4.74 Å². The van der Waals surface area contributed by atoms with Crippen LogP contribution in [-0.2, 0) is 4.74 Å². The molecule has 0 radical (unpaired) electrons. The van der Waals surface area contributed by atoms with E-state index < -0.39 is 0 Å². The third kappa shape index (κ3) is 4.84. The maximum atomic E-state index is 12.4. The van der Waals surface area contributed by atoms with Gasteiger partial charge in [0.05, 0.1) is 6.61 Å². The highest BCUT2D eigenvalue weighted by Gasteiger charge is 2.24. The summed E-state index contributed by atoms with van der Waals surface area (Å²) in [7, 11) is 1.68. The van der Waals surface area contributed by atoms with Gasteiger partial charge in [-0.25, -0.2) is 4.79 Å². The zero-order valence-electron chi connectivity index (χ0n) is 12.3. The van der Waals surface area contributed by atoms with Crippen molar-refractivity contribution >= 4 is 6.03 Å². The number of methoxy groups -OCH3 is 1. The number of hydrogen-bond donors (Lipinski definition) is 0. The van der Waals surface area contributed by atoms with Crippen molar-refractivity contribution in [1.82, 2.24) is 9.80 Å². The summed E-state index contributed by atoms with van der Waals surface area (Å²) in [6.45, 7) is 10.5. The average molecular weight is 256 g/mol. The maximum Gasteiger partial charge on any atom is 0.320 e. The zero-order valence-corrected chi connectivity index (χ0v) is 12.3. The topological polar surface area (TPSA) is 32.8 Å². The van der Waals surface area contributed by atoms with Crippen LogP contribution in [0.4, 0.5) is 4.79 Å². The minimum atomic E-state index is 0.188. The lowest BCUT2D eigenvalue weighted by Gasteiger charge is -2.35. The third-order valence-electron chi connectivity index (χ3n) is 3.48. The van der Waals surface area contributed by atoms with Crippen molar-refractivity contribution in [3.8, 4) is 0 Å². The number of rotatable bonds is 5. The molecule has 0 saturated carbocycles. The number of amides is 2. The highest BCUT2D eigenvalue weighted by Crippen LogP contribution is 2.17. The molecule has 0 bridgehead atoms. The lowest BCUT2D eigenvalue weighted by molar-refractivity contribution is 0.109.